The van der Waals surface area contributed by atoms with Crippen LogP contribution in [0.1, 0.15) is 30.3 Å². The molecule has 3 aromatic rings. The molecule has 1 aliphatic rings. The third-order valence-corrected chi connectivity index (χ3v) is 5.05. The molecule has 1 atom stereocenters. The van der Waals surface area contributed by atoms with Crippen LogP contribution in [0.15, 0.2) is 41.1 Å². The Morgan fingerprint density at radius 1 is 1.20 bits per heavy atom. The van der Waals surface area contributed by atoms with Crippen molar-refractivity contribution in [3.8, 4) is 23.0 Å². The molecule has 0 radical (unpaired) electrons. The molecule has 0 unspecified atom stereocenters. The van der Waals surface area contributed by atoms with Crippen molar-refractivity contribution in [2.24, 2.45) is 5.92 Å². The zero-order chi connectivity index (χ0) is 21.5. The minimum Gasteiger partial charge on any atom is -0.438 e. The molecular formula is C20H18ClF3N4O2. The quantitative estimate of drug-likeness (QED) is 0.498. The van der Waals surface area contributed by atoms with Gasteiger partial charge in [0.25, 0.3) is 0 Å². The number of hydrogen-bond donors (Lipinski definition) is 0. The molecule has 1 saturated carbocycles. The number of pyridine rings is 1. The van der Waals surface area contributed by atoms with Gasteiger partial charge in [-0.15, -0.1) is 0 Å². The topological polar surface area (TPSA) is 64.3 Å². The van der Waals surface area contributed by atoms with Crippen molar-refractivity contribution in [2.75, 3.05) is 14.1 Å². The van der Waals surface area contributed by atoms with Crippen molar-refractivity contribution in [1.29, 1.82) is 0 Å². The number of nitrogens with zero attached hydrogens (tertiary/aromatic N) is 4. The Kier molecular flexibility index (Phi) is 5.42. The van der Waals surface area contributed by atoms with Crippen molar-refractivity contribution in [3.05, 3.63) is 53.0 Å². The molecule has 2 heterocycles. The highest BCUT2D eigenvalue weighted by atomic mass is 35.5. The van der Waals surface area contributed by atoms with Gasteiger partial charge in [-0.05, 0) is 63.2 Å². The summed E-state index contributed by atoms with van der Waals surface area (Å²) in [6.45, 7) is 0. The van der Waals surface area contributed by atoms with Gasteiger partial charge < -0.3 is 9.26 Å². The number of rotatable bonds is 6. The Balaban J connectivity index is 1.49. The van der Waals surface area contributed by atoms with E-state index in [0.29, 0.717) is 29.6 Å². The molecule has 2 aromatic heterocycles. The summed E-state index contributed by atoms with van der Waals surface area (Å²) in [5.41, 5.74) is -0.220. The number of ether oxygens (including phenoxy) is 1. The van der Waals surface area contributed by atoms with E-state index in [9.17, 15) is 13.2 Å². The molecule has 0 aliphatic heterocycles. The lowest BCUT2D eigenvalue weighted by molar-refractivity contribution is -0.137. The van der Waals surface area contributed by atoms with Crippen LogP contribution in [0.3, 0.4) is 0 Å². The Hall–Kier alpha value is -2.65. The summed E-state index contributed by atoms with van der Waals surface area (Å²) in [6.07, 6.45) is -1.55. The van der Waals surface area contributed by atoms with Gasteiger partial charge in [0.1, 0.15) is 10.8 Å². The van der Waals surface area contributed by atoms with Crippen LogP contribution in [0.25, 0.3) is 11.4 Å². The SMILES string of the molecule is CN(C)[C@H](c1nc(-c2ccc(Oc3ncc(C(F)(F)F)cc3Cl)cc2)no1)C1CC1. The summed E-state index contributed by atoms with van der Waals surface area (Å²) in [5, 5.41) is 3.84. The molecule has 6 nitrogen and oxygen atoms in total. The molecule has 0 bridgehead atoms. The Labute approximate surface area is 175 Å². The van der Waals surface area contributed by atoms with Gasteiger partial charge in [0.15, 0.2) is 0 Å². The van der Waals surface area contributed by atoms with Crippen LogP contribution < -0.4 is 4.74 Å². The molecule has 1 fully saturated rings. The monoisotopic (exact) mass is 438 g/mol. The smallest absolute Gasteiger partial charge is 0.417 e. The summed E-state index contributed by atoms with van der Waals surface area (Å²) in [4.78, 5) is 10.3. The lowest BCUT2D eigenvalue weighted by atomic mass is 10.1. The minimum absolute atomic E-state index is 0.0988. The highest BCUT2D eigenvalue weighted by Crippen LogP contribution is 2.43. The Morgan fingerprint density at radius 2 is 1.90 bits per heavy atom. The number of alkyl halides is 3. The first-order chi connectivity index (χ1) is 14.2. The van der Waals surface area contributed by atoms with Crippen LogP contribution in [0, 0.1) is 5.92 Å². The molecule has 4 rings (SSSR count). The third kappa shape index (κ3) is 4.41. The normalized spacial score (nSPS) is 15.4. The second-order valence-corrected chi connectivity index (χ2v) is 7.74. The molecule has 0 N–H and O–H groups in total. The molecular weight excluding hydrogens is 421 g/mol. The number of hydrogen-bond acceptors (Lipinski definition) is 6. The molecule has 1 aliphatic carbocycles. The first kappa shape index (κ1) is 20.6. The maximum Gasteiger partial charge on any atom is 0.417 e. The van der Waals surface area contributed by atoms with Crippen molar-refractivity contribution in [3.63, 3.8) is 0 Å². The van der Waals surface area contributed by atoms with E-state index in [1.807, 2.05) is 14.1 Å². The van der Waals surface area contributed by atoms with Gasteiger partial charge in [0, 0.05) is 11.8 Å². The van der Waals surface area contributed by atoms with E-state index < -0.39 is 11.7 Å². The fourth-order valence-electron chi connectivity index (χ4n) is 3.17. The Morgan fingerprint density at radius 3 is 2.47 bits per heavy atom. The van der Waals surface area contributed by atoms with Gasteiger partial charge in [-0.1, -0.05) is 16.8 Å². The molecule has 10 heteroatoms. The summed E-state index contributed by atoms with van der Waals surface area (Å²) in [7, 11) is 3.97. The van der Waals surface area contributed by atoms with Gasteiger partial charge in [-0.3, -0.25) is 4.90 Å². The van der Waals surface area contributed by atoms with E-state index in [2.05, 4.69) is 20.0 Å². The van der Waals surface area contributed by atoms with Crippen molar-refractivity contribution in [1.82, 2.24) is 20.0 Å². The van der Waals surface area contributed by atoms with E-state index in [1.54, 1.807) is 24.3 Å². The lowest BCUT2D eigenvalue weighted by Crippen LogP contribution is -2.22. The highest BCUT2D eigenvalue weighted by Gasteiger charge is 2.37. The molecule has 0 saturated heterocycles. The fourth-order valence-corrected chi connectivity index (χ4v) is 3.37. The standard InChI is InChI=1S/C20H18ClF3N4O2/c1-28(2)16(11-3-4-11)19-26-17(27-30-19)12-5-7-14(8-6-12)29-18-15(21)9-13(10-25-18)20(22,23)24/h5-11,16H,3-4H2,1-2H3/t16-/m0/s1. The van der Waals surface area contributed by atoms with E-state index in [0.717, 1.165) is 24.5 Å². The predicted octanol–water partition coefficient (Wildman–Crippen LogP) is 5.61. The number of aromatic nitrogens is 3. The van der Waals surface area contributed by atoms with Crippen LogP contribution >= 0.6 is 11.6 Å². The van der Waals surface area contributed by atoms with Gasteiger partial charge in [0.2, 0.25) is 17.6 Å². The molecule has 158 valence electrons. The zero-order valence-electron chi connectivity index (χ0n) is 16.2. The van der Waals surface area contributed by atoms with E-state index in [-0.39, 0.29) is 16.9 Å². The summed E-state index contributed by atoms with van der Waals surface area (Å²) in [5.74, 6) is 1.82. The van der Waals surface area contributed by atoms with Crippen molar-refractivity contribution >= 4 is 11.6 Å². The maximum absolute atomic E-state index is 12.7. The van der Waals surface area contributed by atoms with Crippen LogP contribution in [0.5, 0.6) is 11.6 Å². The first-order valence-electron chi connectivity index (χ1n) is 9.23. The number of halogens is 4. The van der Waals surface area contributed by atoms with Gasteiger partial charge in [0.05, 0.1) is 11.6 Å². The van der Waals surface area contributed by atoms with E-state index in [1.165, 1.54) is 0 Å². The lowest BCUT2D eigenvalue weighted by Gasteiger charge is -2.19. The largest absolute Gasteiger partial charge is 0.438 e. The van der Waals surface area contributed by atoms with E-state index in [4.69, 9.17) is 20.9 Å². The maximum atomic E-state index is 12.7. The molecule has 0 amide bonds. The molecule has 0 spiro atoms. The van der Waals surface area contributed by atoms with Crippen LogP contribution in [0.4, 0.5) is 13.2 Å². The predicted molar refractivity (Wildman–Crippen MR) is 103 cm³/mol. The van der Waals surface area contributed by atoms with Crippen LogP contribution in [0.2, 0.25) is 5.02 Å². The third-order valence-electron chi connectivity index (χ3n) is 4.78. The number of benzene rings is 1. The fraction of sp³-hybridized carbons (Fsp3) is 0.350. The molecule has 30 heavy (non-hydrogen) atoms. The zero-order valence-corrected chi connectivity index (χ0v) is 16.9. The average molecular weight is 439 g/mol. The van der Waals surface area contributed by atoms with Gasteiger partial charge in [-0.25, -0.2) is 4.98 Å². The van der Waals surface area contributed by atoms with Crippen LogP contribution in [-0.2, 0) is 6.18 Å². The molecule has 1 aromatic carbocycles. The Bertz CT molecular complexity index is 1030. The second-order valence-electron chi connectivity index (χ2n) is 7.34. The minimum atomic E-state index is -4.52. The summed E-state index contributed by atoms with van der Waals surface area (Å²) >= 11 is 5.88. The highest BCUT2D eigenvalue weighted by molar-refractivity contribution is 6.31. The van der Waals surface area contributed by atoms with E-state index >= 15 is 0 Å². The van der Waals surface area contributed by atoms with Crippen molar-refractivity contribution < 1.29 is 22.4 Å². The van der Waals surface area contributed by atoms with Crippen LogP contribution in [-0.4, -0.2) is 34.1 Å². The first-order valence-corrected chi connectivity index (χ1v) is 9.61. The summed E-state index contributed by atoms with van der Waals surface area (Å²) < 4.78 is 49.1. The van der Waals surface area contributed by atoms with Gasteiger partial charge in [-0.2, -0.15) is 18.2 Å². The second kappa shape index (κ2) is 7.88. The van der Waals surface area contributed by atoms with Crippen molar-refractivity contribution in [2.45, 2.75) is 25.1 Å². The van der Waals surface area contributed by atoms with Gasteiger partial charge >= 0.3 is 6.18 Å². The summed E-state index contributed by atoms with van der Waals surface area (Å²) in [6, 6.07) is 7.59. The average Bonchev–Trinajstić information content (AvgIpc) is 3.39.